The van der Waals surface area contributed by atoms with E-state index in [2.05, 4.69) is 52.2 Å². The largest absolute Gasteiger partial charge is 0.507 e. The Morgan fingerprint density at radius 3 is 1.05 bits per heavy atom. The van der Waals surface area contributed by atoms with Crippen molar-refractivity contribution in [1.82, 2.24) is 0 Å². The standard InChI is InChI=1S/C50H58N2O10/c1-9-15-61-47-33-17-29-25-39(51-41(53)11-13-43(55)56)27-31(45(29)59)19-35-23-38(50(6,7)8)24-36(48(35)62-16-10-2)20-32-28-40(52-42(54)12-14-44(57)58)26-30(46(32)60)18-34(47)22-37(21-33)49(3,4)5/h11-14,21-28,59-60H,9-10,15-20H2,1-8H3,(H,51,53)(H,52,54)(H,55,56)(H,57,58)/b13-11-,14-12-. The Kier molecular flexibility index (Phi) is 14.6. The molecule has 0 unspecified atom stereocenters. The topological polar surface area (TPSA) is 192 Å². The van der Waals surface area contributed by atoms with E-state index in [-0.39, 0.29) is 48.0 Å². The summed E-state index contributed by atoms with van der Waals surface area (Å²) in [4.78, 5) is 48.5. The maximum Gasteiger partial charge on any atom is 0.328 e. The lowest BCUT2D eigenvalue weighted by Gasteiger charge is -2.26. The van der Waals surface area contributed by atoms with Crippen LogP contribution < -0.4 is 20.1 Å². The first-order valence-electron chi connectivity index (χ1n) is 20.9. The molecule has 5 rings (SSSR count). The number of fused-ring (bicyclic) bond motifs is 8. The number of aliphatic carboxylic acids is 2. The molecule has 1 aliphatic carbocycles. The van der Waals surface area contributed by atoms with Crippen LogP contribution >= 0.6 is 0 Å². The number of aromatic hydroxyl groups is 2. The minimum atomic E-state index is -1.27. The van der Waals surface area contributed by atoms with Crippen LogP contribution in [0.1, 0.15) is 124 Å². The zero-order valence-corrected chi connectivity index (χ0v) is 36.8. The van der Waals surface area contributed by atoms with Gasteiger partial charge in [0.05, 0.1) is 13.2 Å². The quantitative estimate of drug-likeness (QED) is 0.0521. The van der Waals surface area contributed by atoms with E-state index in [0.717, 1.165) is 57.7 Å². The summed E-state index contributed by atoms with van der Waals surface area (Å²) < 4.78 is 13.1. The molecule has 4 aromatic rings. The number of rotatable bonds is 12. The van der Waals surface area contributed by atoms with E-state index in [1.54, 1.807) is 24.3 Å². The van der Waals surface area contributed by atoms with E-state index in [1.807, 2.05) is 38.1 Å². The van der Waals surface area contributed by atoms with Crippen molar-refractivity contribution >= 4 is 35.1 Å². The highest BCUT2D eigenvalue weighted by molar-refractivity contribution is 6.03. The molecular formula is C50H58N2O10. The third-order valence-electron chi connectivity index (χ3n) is 10.5. The molecule has 12 nitrogen and oxygen atoms in total. The first kappa shape index (κ1) is 46.5. The van der Waals surface area contributed by atoms with Crippen molar-refractivity contribution in [3.8, 4) is 23.0 Å². The van der Waals surface area contributed by atoms with Crippen LogP contribution in [0.2, 0.25) is 0 Å². The first-order chi connectivity index (χ1) is 29.2. The number of hydrogen-bond donors (Lipinski definition) is 6. The molecule has 1 aliphatic rings. The summed E-state index contributed by atoms with van der Waals surface area (Å²) in [6, 6.07) is 14.9. The zero-order chi connectivity index (χ0) is 45.5. The van der Waals surface area contributed by atoms with Gasteiger partial charge in [-0.3, -0.25) is 9.59 Å². The number of carbonyl (C=O) groups excluding carboxylic acids is 2. The predicted octanol–water partition coefficient (Wildman–Crippen LogP) is 9.11. The number of hydrogen-bond acceptors (Lipinski definition) is 8. The van der Waals surface area contributed by atoms with Crippen molar-refractivity contribution in [2.24, 2.45) is 0 Å². The number of anilines is 2. The van der Waals surface area contributed by atoms with Crippen LogP contribution in [0.25, 0.3) is 0 Å². The molecule has 0 aliphatic heterocycles. The van der Waals surface area contributed by atoms with E-state index in [9.17, 15) is 39.6 Å². The summed E-state index contributed by atoms with van der Waals surface area (Å²) in [7, 11) is 0. The molecule has 0 saturated carbocycles. The number of carboxylic acids is 2. The molecule has 0 atom stereocenters. The lowest BCUT2D eigenvalue weighted by molar-refractivity contribution is -0.132. The smallest absolute Gasteiger partial charge is 0.328 e. The SMILES string of the molecule is CCCOc1c2cc(C(C)(C)C)cc1Cc1cc(NC(=O)/C=C\C(=O)O)cc(c1O)Cc1cc(C(C)(C)C)cc(c1OCCC)Cc1cc(NC(=O)/C=C\C(=O)O)cc(c1O)C2. The van der Waals surface area contributed by atoms with Crippen molar-refractivity contribution in [1.29, 1.82) is 0 Å². The van der Waals surface area contributed by atoms with Gasteiger partial charge in [0.2, 0.25) is 11.8 Å². The average Bonchev–Trinajstić information content (AvgIpc) is 3.17. The summed E-state index contributed by atoms with van der Waals surface area (Å²) in [6.07, 6.45) is 5.44. The molecule has 62 heavy (non-hydrogen) atoms. The highest BCUT2D eigenvalue weighted by Gasteiger charge is 2.27. The minimum absolute atomic E-state index is 0.0182. The van der Waals surface area contributed by atoms with Gasteiger partial charge in [0.1, 0.15) is 23.0 Å². The number of benzene rings is 4. The molecule has 0 radical (unpaired) electrons. The van der Waals surface area contributed by atoms with Crippen LogP contribution in [0.5, 0.6) is 23.0 Å². The second-order valence-corrected chi connectivity index (χ2v) is 17.8. The fraction of sp³-hybridized carbons (Fsp3) is 0.360. The van der Waals surface area contributed by atoms with Crippen molar-refractivity contribution in [3.63, 3.8) is 0 Å². The molecule has 0 fully saturated rings. The number of phenolic OH excluding ortho intramolecular Hbond substituents is 2. The molecule has 6 N–H and O–H groups in total. The number of carbonyl (C=O) groups is 4. The minimum Gasteiger partial charge on any atom is -0.507 e. The second-order valence-electron chi connectivity index (χ2n) is 17.8. The van der Waals surface area contributed by atoms with Crippen LogP contribution in [0.15, 0.2) is 72.8 Å². The van der Waals surface area contributed by atoms with Crippen LogP contribution in [-0.2, 0) is 55.7 Å². The average molecular weight is 847 g/mol. The Balaban J connectivity index is 1.89. The number of amides is 2. The number of ether oxygens (including phenoxy) is 2. The van der Waals surface area contributed by atoms with Crippen LogP contribution in [0.4, 0.5) is 11.4 Å². The molecule has 8 bridgehead atoms. The molecular weight excluding hydrogens is 789 g/mol. The normalized spacial score (nSPS) is 12.9. The van der Waals surface area contributed by atoms with Gasteiger partial charge in [0.25, 0.3) is 0 Å². The number of carboxylic acid groups (broad SMARTS) is 2. The summed E-state index contributed by atoms with van der Waals surface area (Å²) in [5.74, 6) is -2.69. The van der Waals surface area contributed by atoms with E-state index in [1.165, 1.54) is 0 Å². The fourth-order valence-electron chi connectivity index (χ4n) is 7.37. The zero-order valence-electron chi connectivity index (χ0n) is 36.8. The maximum absolute atomic E-state index is 13.0. The van der Waals surface area contributed by atoms with Crippen molar-refractivity contribution in [2.45, 2.75) is 105 Å². The van der Waals surface area contributed by atoms with Gasteiger partial charge in [-0.05, 0) is 81.3 Å². The predicted molar refractivity (Wildman–Crippen MR) is 240 cm³/mol. The Labute approximate surface area is 363 Å². The molecule has 0 spiro atoms. The maximum atomic E-state index is 13.0. The Morgan fingerprint density at radius 2 is 0.806 bits per heavy atom. The van der Waals surface area contributed by atoms with E-state index < -0.39 is 23.8 Å². The Bertz CT molecular complexity index is 2170. The molecule has 4 aromatic carbocycles. The lowest BCUT2D eigenvalue weighted by atomic mass is 9.81. The summed E-state index contributed by atoms with van der Waals surface area (Å²) >= 11 is 0. The van der Waals surface area contributed by atoms with Crippen molar-refractivity contribution < 1.29 is 49.1 Å². The van der Waals surface area contributed by atoms with Crippen LogP contribution in [0.3, 0.4) is 0 Å². The highest BCUT2D eigenvalue weighted by Crippen LogP contribution is 2.43. The van der Waals surface area contributed by atoms with Crippen LogP contribution in [-0.4, -0.2) is 57.4 Å². The van der Waals surface area contributed by atoms with Gasteiger partial charge in [-0.25, -0.2) is 9.59 Å². The molecule has 0 aromatic heterocycles. The monoisotopic (exact) mass is 846 g/mol. The second kappa shape index (κ2) is 19.4. The molecule has 0 saturated heterocycles. The lowest BCUT2D eigenvalue weighted by Crippen LogP contribution is -2.15. The van der Waals surface area contributed by atoms with Gasteiger partial charge < -0.3 is 40.5 Å². The summed E-state index contributed by atoms with van der Waals surface area (Å²) in [6.45, 7) is 17.2. The van der Waals surface area contributed by atoms with E-state index in [4.69, 9.17) is 9.47 Å². The third kappa shape index (κ3) is 11.8. The Hall–Kier alpha value is -6.56. The first-order valence-corrected chi connectivity index (χ1v) is 20.9. The third-order valence-corrected chi connectivity index (χ3v) is 10.5. The van der Waals surface area contributed by atoms with Gasteiger partial charge in [0, 0.05) is 83.6 Å². The van der Waals surface area contributed by atoms with Crippen molar-refractivity contribution in [3.05, 3.63) is 128 Å². The van der Waals surface area contributed by atoms with Crippen molar-refractivity contribution in [2.75, 3.05) is 23.8 Å². The van der Waals surface area contributed by atoms with Crippen LogP contribution in [0, 0.1) is 0 Å². The van der Waals surface area contributed by atoms with Gasteiger partial charge >= 0.3 is 11.9 Å². The van der Waals surface area contributed by atoms with E-state index in [0.29, 0.717) is 71.2 Å². The highest BCUT2D eigenvalue weighted by atomic mass is 16.5. The molecule has 0 heterocycles. The Morgan fingerprint density at radius 1 is 0.516 bits per heavy atom. The fourth-order valence-corrected chi connectivity index (χ4v) is 7.37. The molecule has 2 amide bonds. The van der Waals surface area contributed by atoms with E-state index >= 15 is 0 Å². The van der Waals surface area contributed by atoms with Gasteiger partial charge in [-0.15, -0.1) is 0 Å². The number of phenols is 2. The molecule has 12 heteroatoms. The van der Waals surface area contributed by atoms with Gasteiger partial charge in [0.15, 0.2) is 0 Å². The number of nitrogens with one attached hydrogen (secondary N) is 2. The van der Waals surface area contributed by atoms with Gasteiger partial charge in [-0.1, -0.05) is 79.7 Å². The summed E-state index contributed by atoms with van der Waals surface area (Å²) in [5.41, 5.74) is 6.84. The van der Waals surface area contributed by atoms with Gasteiger partial charge in [-0.2, -0.15) is 0 Å². The summed E-state index contributed by atoms with van der Waals surface area (Å²) in [5, 5.41) is 48.5. The molecule has 328 valence electrons.